The van der Waals surface area contributed by atoms with Crippen LogP contribution in [-0.4, -0.2) is 36.1 Å². The van der Waals surface area contributed by atoms with Gasteiger partial charge in [0.1, 0.15) is 6.04 Å². The zero-order chi connectivity index (χ0) is 13.0. The first-order chi connectivity index (χ1) is 8.69. The van der Waals surface area contributed by atoms with Crippen molar-refractivity contribution < 1.29 is 14.7 Å². The van der Waals surface area contributed by atoms with Gasteiger partial charge < -0.3 is 15.7 Å². The number of anilines is 1. The average Bonchev–Trinajstić information content (AvgIpc) is 2.40. The fourth-order valence-corrected chi connectivity index (χ4v) is 1.67. The Morgan fingerprint density at radius 3 is 2.67 bits per heavy atom. The molecule has 1 unspecified atom stereocenters. The van der Waals surface area contributed by atoms with Gasteiger partial charge in [0.2, 0.25) is 11.8 Å². The van der Waals surface area contributed by atoms with Crippen molar-refractivity contribution in [3.63, 3.8) is 0 Å². The highest BCUT2D eigenvalue weighted by molar-refractivity contribution is 5.96. The van der Waals surface area contributed by atoms with Gasteiger partial charge in [0.15, 0.2) is 0 Å². The molecule has 1 aromatic carbocycles. The van der Waals surface area contributed by atoms with Gasteiger partial charge in [0.05, 0.1) is 13.2 Å². The Morgan fingerprint density at radius 1 is 1.39 bits per heavy atom. The molecule has 6 heteroatoms. The van der Waals surface area contributed by atoms with Gasteiger partial charge in [-0.1, -0.05) is 12.1 Å². The maximum Gasteiger partial charge on any atom is 0.243 e. The Labute approximate surface area is 104 Å². The molecule has 0 radical (unpaired) electrons. The summed E-state index contributed by atoms with van der Waals surface area (Å²) in [5, 5.41) is 17.1. The summed E-state index contributed by atoms with van der Waals surface area (Å²) >= 11 is 0. The van der Waals surface area contributed by atoms with Gasteiger partial charge in [-0.2, -0.15) is 0 Å². The largest absolute Gasteiger partial charge is 0.392 e. The SMILES string of the molecule is O=C1CNC(C(=O)Nc2ccc(CO)cc2)CN1. The number of carbonyl (C=O) groups excluding carboxylic acids is 2. The van der Waals surface area contributed by atoms with E-state index < -0.39 is 6.04 Å². The van der Waals surface area contributed by atoms with E-state index in [0.29, 0.717) is 12.2 Å². The number of carbonyl (C=O) groups is 2. The van der Waals surface area contributed by atoms with Gasteiger partial charge in [-0.3, -0.25) is 14.9 Å². The molecule has 6 nitrogen and oxygen atoms in total. The van der Waals surface area contributed by atoms with Gasteiger partial charge in [0.25, 0.3) is 0 Å². The third-order valence-electron chi connectivity index (χ3n) is 2.73. The van der Waals surface area contributed by atoms with Crippen molar-refractivity contribution in [1.29, 1.82) is 0 Å². The van der Waals surface area contributed by atoms with Crippen LogP contribution in [0.5, 0.6) is 0 Å². The Kier molecular flexibility index (Phi) is 3.91. The molecule has 1 aliphatic rings. The molecule has 0 bridgehead atoms. The average molecular weight is 249 g/mol. The number of aliphatic hydroxyl groups excluding tert-OH is 1. The predicted molar refractivity (Wildman–Crippen MR) is 65.8 cm³/mol. The molecule has 1 atom stereocenters. The molecule has 1 fully saturated rings. The highest BCUT2D eigenvalue weighted by Crippen LogP contribution is 2.10. The minimum atomic E-state index is -0.416. The lowest BCUT2D eigenvalue weighted by molar-refractivity contribution is -0.124. The topological polar surface area (TPSA) is 90.5 Å². The smallest absolute Gasteiger partial charge is 0.243 e. The van der Waals surface area contributed by atoms with E-state index in [-0.39, 0.29) is 25.0 Å². The maximum absolute atomic E-state index is 11.9. The highest BCUT2D eigenvalue weighted by atomic mass is 16.3. The molecular weight excluding hydrogens is 234 g/mol. The number of hydrogen-bond donors (Lipinski definition) is 4. The van der Waals surface area contributed by atoms with Crippen molar-refractivity contribution in [3.05, 3.63) is 29.8 Å². The second-order valence-corrected chi connectivity index (χ2v) is 4.08. The first-order valence-corrected chi connectivity index (χ1v) is 5.70. The molecule has 4 N–H and O–H groups in total. The van der Waals surface area contributed by atoms with Crippen LogP contribution in [0.1, 0.15) is 5.56 Å². The van der Waals surface area contributed by atoms with E-state index in [1.54, 1.807) is 24.3 Å². The van der Waals surface area contributed by atoms with Crippen LogP contribution in [0.3, 0.4) is 0 Å². The van der Waals surface area contributed by atoms with Gasteiger partial charge in [-0.05, 0) is 17.7 Å². The lowest BCUT2D eigenvalue weighted by Crippen LogP contribution is -2.56. The zero-order valence-corrected chi connectivity index (χ0v) is 9.77. The second-order valence-electron chi connectivity index (χ2n) is 4.08. The molecule has 0 spiro atoms. The van der Waals surface area contributed by atoms with Crippen LogP contribution in [0.2, 0.25) is 0 Å². The number of nitrogens with one attached hydrogen (secondary N) is 3. The molecule has 0 aromatic heterocycles. The van der Waals surface area contributed by atoms with Crippen molar-refractivity contribution in [3.8, 4) is 0 Å². The molecule has 0 saturated carbocycles. The minimum absolute atomic E-state index is 0.0234. The summed E-state index contributed by atoms with van der Waals surface area (Å²) in [6.07, 6.45) is 0. The summed E-state index contributed by atoms with van der Waals surface area (Å²) in [6, 6.07) is 6.52. The van der Waals surface area contributed by atoms with Crippen molar-refractivity contribution in [2.75, 3.05) is 18.4 Å². The monoisotopic (exact) mass is 249 g/mol. The van der Waals surface area contributed by atoms with E-state index >= 15 is 0 Å². The van der Waals surface area contributed by atoms with Crippen molar-refractivity contribution in [2.24, 2.45) is 0 Å². The van der Waals surface area contributed by atoms with Gasteiger partial charge >= 0.3 is 0 Å². The van der Waals surface area contributed by atoms with E-state index in [0.717, 1.165) is 5.56 Å². The van der Waals surface area contributed by atoms with Gasteiger partial charge in [-0.25, -0.2) is 0 Å². The normalized spacial score (nSPS) is 19.2. The minimum Gasteiger partial charge on any atom is -0.392 e. The van der Waals surface area contributed by atoms with Crippen LogP contribution in [0, 0.1) is 0 Å². The molecule has 2 amide bonds. The summed E-state index contributed by atoms with van der Waals surface area (Å²) in [6.45, 7) is 0.422. The number of hydrogen-bond acceptors (Lipinski definition) is 4. The number of rotatable bonds is 3. The van der Waals surface area contributed by atoms with Gasteiger partial charge in [0, 0.05) is 12.2 Å². The Hall–Kier alpha value is -1.92. The van der Waals surface area contributed by atoms with E-state index in [1.807, 2.05) is 0 Å². The molecule has 18 heavy (non-hydrogen) atoms. The third kappa shape index (κ3) is 3.06. The van der Waals surface area contributed by atoms with Crippen LogP contribution in [-0.2, 0) is 16.2 Å². The summed E-state index contributed by atoms with van der Waals surface area (Å²) in [5.74, 6) is -0.293. The molecule has 1 aliphatic heterocycles. The van der Waals surface area contributed by atoms with Crippen LogP contribution in [0.4, 0.5) is 5.69 Å². The summed E-state index contributed by atoms with van der Waals surface area (Å²) in [4.78, 5) is 22.8. The summed E-state index contributed by atoms with van der Waals surface area (Å²) in [5.41, 5.74) is 1.45. The second kappa shape index (κ2) is 5.61. The summed E-state index contributed by atoms with van der Waals surface area (Å²) < 4.78 is 0. The zero-order valence-electron chi connectivity index (χ0n) is 9.77. The van der Waals surface area contributed by atoms with Gasteiger partial charge in [-0.15, -0.1) is 0 Å². The molecule has 1 heterocycles. The predicted octanol–water partition coefficient (Wildman–Crippen LogP) is -0.795. The molecule has 1 saturated heterocycles. The number of amides is 2. The lowest BCUT2D eigenvalue weighted by atomic mass is 10.2. The first-order valence-electron chi connectivity index (χ1n) is 5.70. The molecule has 2 rings (SSSR count). The fraction of sp³-hybridized carbons (Fsp3) is 0.333. The Bertz CT molecular complexity index is 434. The molecular formula is C12H15N3O3. The van der Waals surface area contributed by atoms with E-state index in [1.165, 1.54) is 0 Å². The van der Waals surface area contributed by atoms with E-state index in [9.17, 15) is 9.59 Å². The summed E-state index contributed by atoms with van der Waals surface area (Å²) in [7, 11) is 0. The van der Waals surface area contributed by atoms with Crippen LogP contribution < -0.4 is 16.0 Å². The van der Waals surface area contributed by atoms with Crippen molar-refractivity contribution in [2.45, 2.75) is 12.6 Å². The Balaban J connectivity index is 1.92. The van der Waals surface area contributed by atoms with Crippen molar-refractivity contribution in [1.82, 2.24) is 10.6 Å². The quantitative estimate of drug-likeness (QED) is 0.565. The number of aliphatic hydroxyl groups is 1. The van der Waals surface area contributed by atoms with Crippen molar-refractivity contribution >= 4 is 17.5 Å². The molecule has 96 valence electrons. The van der Waals surface area contributed by atoms with Crippen LogP contribution in [0.25, 0.3) is 0 Å². The first kappa shape index (κ1) is 12.5. The fourth-order valence-electron chi connectivity index (χ4n) is 1.67. The standard InChI is InChI=1S/C12H15N3O3/c16-7-8-1-3-9(4-2-8)15-12(18)10-5-14-11(17)6-13-10/h1-4,10,13,16H,5-7H2,(H,14,17)(H,15,18). The lowest BCUT2D eigenvalue weighted by Gasteiger charge is -2.23. The van der Waals surface area contributed by atoms with Crippen LogP contribution in [0.15, 0.2) is 24.3 Å². The highest BCUT2D eigenvalue weighted by Gasteiger charge is 2.23. The molecule has 0 aliphatic carbocycles. The Morgan fingerprint density at radius 2 is 2.11 bits per heavy atom. The molecule has 1 aromatic rings. The van der Waals surface area contributed by atoms with E-state index in [2.05, 4.69) is 16.0 Å². The number of benzene rings is 1. The number of piperazine rings is 1. The van der Waals surface area contributed by atoms with E-state index in [4.69, 9.17) is 5.11 Å². The third-order valence-corrected chi connectivity index (χ3v) is 2.73. The van der Waals surface area contributed by atoms with Crippen LogP contribution >= 0.6 is 0 Å². The maximum atomic E-state index is 11.9.